The van der Waals surface area contributed by atoms with Crippen molar-refractivity contribution in [3.63, 3.8) is 0 Å². The molecule has 0 aromatic rings. The molecule has 1 aliphatic heterocycles. The summed E-state index contributed by atoms with van der Waals surface area (Å²) in [6.45, 7) is 5.99. The van der Waals surface area contributed by atoms with Crippen LogP contribution in [0, 0.1) is 0 Å². The Morgan fingerprint density at radius 2 is 2.20 bits per heavy atom. The smallest absolute Gasteiger partial charge is 0.0933 e. The lowest BCUT2D eigenvalue weighted by Gasteiger charge is -2.36. The van der Waals surface area contributed by atoms with E-state index in [0.717, 1.165) is 45.8 Å². The topological polar surface area (TPSA) is 39.7 Å². The summed E-state index contributed by atoms with van der Waals surface area (Å²) in [7, 11) is 0. The van der Waals surface area contributed by atoms with Crippen LogP contribution in [0.4, 0.5) is 0 Å². The lowest BCUT2D eigenvalue weighted by molar-refractivity contribution is -0.0900. The van der Waals surface area contributed by atoms with E-state index in [1.807, 2.05) is 6.92 Å². The van der Waals surface area contributed by atoms with Gasteiger partial charge in [0.25, 0.3) is 0 Å². The van der Waals surface area contributed by atoms with Crippen LogP contribution >= 0.6 is 0 Å². The number of rotatable bonds is 5. The van der Waals surface area contributed by atoms with Crippen LogP contribution in [0.3, 0.4) is 0 Å². The summed E-state index contributed by atoms with van der Waals surface area (Å²) in [6.07, 6.45) is 3.00. The zero-order valence-corrected chi connectivity index (χ0v) is 9.41. The van der Waals surface area contributed by atoms with Crippen molar-refractivity contribution in [1.29, 1.82) is 0 Å². The highest BCUT2D eigenvalue weighted by molar-refractivity contribution is 4.86. The van der Waals surface area contributed by atoms with Crippen LogP contribution < -0.4 is 5.32 Å². The molecule has 0 radical (unpaired) electrons. The molecule has 15 heavy (non-hydrogen) atoms. The van der Waals surface area contributed by atoms with Crippen molar-refractivity contribution in [3.05, 3.63) is 0 Å². The zero-order chi connectivity index (χ0) is 10.5. The highest BCUT2D eigenvalue weighted by atomic mass is 16.6. The summed E-state index contributed by atoms with van der Waals surface area (Å²) >= 11 is 0. The van der Waals surface area contributed by atoms with Gasteiger partial charge >= 0.3 is 0 Å². The molecule has 1 unspecified atom stereocenters. The molecule has 1 atom stereocenters. The molecule has 1 aliphatic carbocycles. The molecule has 2 fully saturated rings. The van der Waals surface area contributed by atoms with Crippen LogP contribution in [0.5, 0.6) is 0 Å². The Bertz CT molecular complexity index is 177. The molecule has 0 amide bonds. The SMILES string of the molecule is CCOC1CC(NCC2COCCO2)C1. The highest BCUT2D eigenvalue weighted by Gasteiger charge is 2.29. The van der Waals surface area contributed by atoms with Crippen LogP contribution in [-0.2, 0) is 14.2 Å². The van der Waals surface area contributed by atoms with Crippen molar-refractivity contribution in [2.45, 2.75) is 38.0 Å². The van der Waals surface area contributed by atoms with E-state index in [1.165, 1.54) is 0 Å². The molecular formula is C11H21NO3. The summed E-state index contributed by atoms with van der Waals surface area (Å²) in [6, 6.07) is 0.618. The largest absolute Gasteiger partial charge is 0.378 e. The van der Waals surface area contributed by atoms with Crippen molar-refractivity contribution in [3.8, 4) is 0 Å². The third-order valence-corrected chi connectivity index (χ3v) is 3.02. The molecule has 2 rings (SSSR count). The van der Waals surface area contributed by atoms with Crippen LogP contribution in [0.15, 0.2) is 0 Å². The summed E-state index contributed by atoms with van der Waals surface area (Å²) in [4.78, 5) is 0. The van der Waals surface area contributed by atoms with Crippen molar-refractivity contribution in [2.24, 2.45) is 0 Å². The van der Waals surface area contributed by atoms with Gasteiger partial charge in [-0.3, -0.25) is 0 Å². The van der Waals surface area contributed by atoms with Crippen molar-refractivity contribution < 1.29 is 14.2 Å². The summed E-state index contributed by atoms with van der Waals surface area (Å²) in [5, 5.41) is 3.49. The Hall–Kier alpha value is -0.160. The summed E-state index contributed by atoms with van der Waals surface area (Å²) in [5.74, 6) is 0. The van der Waals surface area contributed by atoms with E-state index >= 15 is 0 Å². The number of ether oxygens (including phenoxy) is 3. The average molecular weight is 215 g/mol. The zero-order valence-electron chi connectivity index (χ0n) is 9.41. The molecular weight excluding hydrogens is 194 g/mol. The molecule has 4 heteroatoms. The van der Waals surface area contributed by atoms with Gasteiger partial charge in [-0.15, -0.1) is 0 Å². The minimum absolute atomic E-state index is 0.241. The van der Waals surface area contributed by atoms with E-state index in [2.05, 4.69) is 5.32 Å². The standard InChI is InChI=1S/C11H21NO3/c1-2-14-10-5-9(6-10)12-7-11-8-13-3-4-15-11/h9-12H,2-8H2,1H3. The number of hydrogen-bond acceptors (Lipinski definition) is 4. The van der Waals surface area contributed by atoms with Crippen LogP contribution in [-0.4, -0.2) is 51.2 Å². The first-order valence-corrected chi connectivity index (χ1v) is 5.92. The Labute approximate surface area is 91.3 Å². The maximum atomic E-state index is 5.55. The average Bonchev–Trinajstić information content (AvgIpc) is 2.23. The van der Waals surface area contributed by atoms with Gasteiger partial charge in [-0.1, -0.05) is 0 Å². The Kier molecular flexibility index (Phi) is 4.38. The molecule has 1 heterocycles. The molecule has 88 valence electrons. The van der Waals surface area contributed by atoms with Gasteiger partial charge < -0.3 is 19.5 Å². The Morgan fingerprint density at radius 1 is 1.33 bits per heavy atom. The summed E-state index contributed by atoms with van der Waals surface area (Å²) in [5.41, 5.74) is 0. The molecule has 1 saturated heterocycles. The van der Waals surface area contributed by atoms with Crippen LogP contribution in [0.25, 0.3) is 0 Å². The Morgan fingerprint density at radius 3 is 2.87 bits per heavy atom. The molecule has 1 N–H and O–H groups in total. The molecule has 0 spiro atoms. The lowest BCUT2D eigenvalue weighted by atomic mass is 9.89. The molecule has 0 aromatic heterocycles. The first kappa shape index (κ1) is 11.3. The molecule has 2 aliphatic rings. The van der Waals surface area contributed by atoms with E-state index in [1.54, 1.807) is 0 Å². The Balaban J connectivity index is 1.52. The van der Waals surface area contributed by atoms with Crippen LogP contribution in [0.1, 0.15) is 19.8 Å². The maximum Gasteiger partial charge on any atom is 0.0933 e. The van der Waals surface area contributed by atoms with Crippen molar-refractivity contribution in [1.82, 2.24) is 5.32 Å². The van der Waals surface area contributed by atoms with Gasteiger partial charge in [0.1, 0.15) is 0 Å². The fourth-order valence-corrected chi connectivity index (χ4v) is 2.06. The van der Waals surface area contributed by atoms with E-state index in [-0.39, 0.29) is 6.10 Å². The van der Waals surface area contributed by atoms with E-state index in [9.17, 15) is 0 Å². The monoisotopic (exact) mass is 215 g/mol. The van der Waals surface area contributed by atoms with Gasteiger partial charge in [-0.25, -0.2) is 0 Å². The normalized spacial score (nSPS) is 36.2. The third kappa shape index (κ3) is 3.41. The van der Waals surface area contributed by atoms with Crippen molar-refractivity contribution in [2.75, 3.05) is 33.0 Å². The quantitative estimate of drug-likeness (QED) is 0.727. The fourth-order valence-electron chi connectivity index (χ4n) is 2.06. The second-order valence-corrected chi connectivity index (χ2v) is 4.22. The minimum Gasteiger partial charge on any atom is -0.378 e. The van der Waals surface area contributed by atoms with Crippen LogP contribution in [0.2, 0.25) is 0 Å². The van der Waals surface area contributed by atoms with Gasteiger partial charge in [0.2, 0.25) is 0 Å². The number of hydrogen-bond donors (Lipinski definition) is 1. The van der Waals surface area contributed by atoms with E-state index in [0.29, 0.717) is 12.1 Å². The third-order valence-electron chi connectivity index (χ3n) is 3.02. The predicted octanol–water partition coefficient (Wildman–Crippen LogP) is 0.559. The molecule has 0 aromatic carbocycles. The molecule has 0 bridgehead atoms. The van der Waals surface area contributed by atoms with E-state index < -0.39 is 0 Å². The van der Waals surface area contributed by atoms with Gasteiger partial charge in [-0.05, 0) is 19.8 Å². The highest BCUT2D eigenvalue weighted by Crippen LogP contribution is 2.23. The first-order valence-electron chi connectivity index (χ1n) is 5.92. The fraction of sp³-hybridized carbons (Fsp3) is 1.00. The van der Waals surface area contributed by atoms with Gasteiger partial charge in [-0.2, -0.15) is 0 Å². The molecule has 1 saturated carbocycles. The van der Waals surface area contributed by atoms with Gasteiger partial charge in [0.05, 0.1) is 32.0 Å². The van der Waals surface area contributed by atoms with E-state index in [4.69, 9.17) is 14.2 Å². The maximum absolute atomic E-state index is 5.55. The van der Waals surface area contributed by atoms with Crippen molar-refractivity contribution >= 4 is 0 Å². The van der Waals surface area contributed by atoms with Gasteiger partial charge in [0, 0.05) is 19.2 Å². The first-order chi connectivity index (χ1) is 7.38. The number of nitrogens with one attached hydrogen (secondary N) is 1. The summed E-state index contributed by atoms with van der Waals surface area (Å²) < 4.78 is 16.4. The predicted molar refractivity (Wildman–Crippen MR) is 57.0 cm³/mol. The lowest BCUT2D eigenvalue weighted by Crippen LogP contribution is -2.49. The second kappa shape index (κ2) is 5.80. The minimum atomic E-state index is 0.241. The molecule has 4 nitrogen and oxygen atoms in total. The second-order valence-electron chi connectivity index (χ2n) is 4.22. The van der Waals surface area contributed by atoms with Gasteiger partial charge in [0.15, 0.2) is 0 Å².